The van der Waals surface area contributed by atoms with Crippen molar-refractivity contribution in [1.82, 2.24) is 0 Å². The first-order valence-electron chi connectivity index (χ1n) is 12.0. The second-order valence-corrected chi connectivity index (χ2v) is 10.9. The molecule has 0 saturated carbocycles. The van der Waals surface area contributed by atoms with Crippen molar-refractivity contribution in [3.05, 3.63) is 48.5 Å². The van der Waals surface area contributed by atoms with Gasteiger partial charge < -0.3 is 39.0 Å². The van der Waals surface area contributed by atoms with Crippen molar-refractivity contribution in [2.75, 3.05) is 13.2 Å². The Morgan fingerprint density at radius 3 is 1.22 bits per heavy atom. The van der Waals surface area contributed by atoms with Crippen molar-refractivity contribution in [2.45, 2.75) is 77.8 Å². The van der Waals surface area contributed by atoms with Gasteiger partial charge in [-0.2, -0.15) is 0 Å². The number of aliphatic hydroxyl groups is 2. The molecule has 4 N–H and O–H groups in total. The Balaban J connectivity index is 2.06. The molecule has 0 heterocycles. The Kier molecular flexibility index (Phi) is 9.67. The monoisotopic (exact) mass is 502 g/mol. The summed E-state index contributed by atoms with van der Waals surface area (Å²) in [7, 11) is -2.37. The predicted molar refractivity (Wildman–Crippen MR) is 142 cm³/mol. The fourth-order valence-electron chi connectivity index (χ4n) is 2.76. The molecule has 0 atom stereocenters. The van der Waals surface area contributed by atoms with Crippen molar-refractivity contribution in [1.29, 1.82) is 0 Å². The van der Waals surface area contributed by atoms with E-state index in [2.05, 4.69) is 0 Å². The van der Waals surface area contributed by atoms with E-state index in [0.29, 0.717) is 35.6 Å². The molecule has 0 aliphatic rings. The molecule has 0 fully saturated rings. The van der Waals surface area contributed by atoms with E-state index in [1.54, 1.807) is 91.8 Å². The van der Waals surface area contributed by atoms with Gasteiger partial charge in [-0.15, -0.1) is 0 Å². The smallest absolute Gasteiger partial charge is 0.490 e. The maximum absolute atomic E-state index is 10.6. The van der Waals surface area contributed by atoms with E-state index < -0.39 is 36.6 Å². The molecular formula is C26H40B2O8. The van der Waals surface area contributed by atoms with Crippen LogP contribution < -0.4 is 20.4 Å². The lowest BCUT2D eigenvalue weighted by atomic mass is 9.74. The minimum absolute atomic E-state index is 0.303. The summed E-state index contributed by atoms with van der Waals surface area (Å²) < 4.78 is 23.9. The van der Waals surface area contributed by atoms with Crippen LogP contribution in [-0.4, -0.2) is 70.1 Å². The van der Waals surface area contributed by atoms with Gasteiger partial charge in [-0.25, -0.2) is 0 Å². The van der Waals surface area contributed by atoms with Gasteiger partial charge in [-0.05, 0) is 90.6 Å². The fraction of sp³-hybridized carbons (Fsp3) is 0.538. The number of benzene rings is 2. The molecule has 198 valence electrons. The molecule has 2 rings (SSSR count). The standard InChI is InChI=1S/C26H40B2O8/c1-23(2,29)25(5,6)35-28(36-26(7,8)24(3,4)30)20-11-15-22(16-12-20)34-18-17-33-21-13-9-19(10-14-21)27(31)32/h9-16,29-32H,17-18H2,1-8H3. The number of hydrogen-bond donors (Lipinski definition) is 4. The molecule has 0 bridgehead atoms. The Morgan fingerprint density at radius 2 is 0.917 bits per heavy atom. The Morgan fingerprint density at radius 1 is 0.583 bits per heavy atom. The third-order valence-corrected chi connectivity index (χ3v) is 6.70. The SMILES string of the molecule is CC(C)(O)C(C)(C)OB(OC(C)(C)C(C)(C)O)c1ccc(OCCOc2ccc(B(O)O)cc2)cc1. The minimum Gasteiger partial charge on any atom is -0.490 e. The highest BCUT2D eigenvalue weighted by Crippen LogP contribution is 2.30. The van der Waals surface area contributed by atoms with Crippen molar-refractivity contribution in [3.63, 3.8) is 0 Å². The molecule has 0 spiro atoms. The predicted octanol–water partition coefficient (Wildman–Crippen LogP) is 1.65. The zero-order valence-electron chi connectivity index (χ0n) is 22.6. The average molecular weight is 502 g/mol. The Bertz CT molecular complexity index is 918. The first-order valence-corrected chi connectivity index (χ1v) is 12.0. The van der Waals surface area contributed by atoms with Gasteiger partial charge in [0.15, 0.2) is 0 Å². The Labute approximate surface area is 215 Å². The lowest BCUT2D eigenvalue weighted by Crippen LogP contribution is -2.58. The molecule has 8 nitrogen and oxygen atoms in total. The summed E-state index contributed by atoms with van der Waals surface area (Å²) in [6, 6.07) is 13.7. The second-order valence-electron chi connectivity index (χ2n) is 10.9. The molecule has 0 saturated heterocycles. The number of ether oxygens (including phenoxy) is 2. The highest BCUT2D eigenvalue weighted by Gasteiger charge is 2.45. The van der Waals surface area contributed by atoms with E-state index in [0.717, 1.165) is 0 Å². The van der Waals surface area contributed by atoms with Gasteiger partial charge in [0.05, 0.1) is 22.4 Å². The maximum atomic E-state index is 10.6. The van der Waals surface area contributed by atoms with Crippen molar-refractivity contribution in [3.8, 4) is 11.5 Å². The van der Waals surface area contributed by atoms with Gasteiger partial charge in [-0.1, -0.05) is 24.3 Å². The summed E-state index contributed by atoms with van der Waals surface area (Å²) in [6.07, 6.45) is 0. The quantitative estimate of drug-likeness (QED) is 0.242. The zero-order valence-corrected chi connectivity index (χ0v) is 22.6. The van der Waals surface area contributed by atoms with Crippen LogP contribution >= 0.6 is 0 Å². The Hall–Kier alpha value is -2.07. The maximum Gasteiger partial charge on any atom is 0.494 e. The minimum atomic E-state index is -1.51. The van der Waals surface area contributed by atoms with E-state index in [9.17, 15) is 10.2 Å². The molecule has 10 heteroatoms. The van der Waals surface area contributed by atoms with Gasteiger partial charge >= 0.3 is 14.2 Å². The summed E-state index contributed by atoms with van der Waals surface area (Å²) in [4.78, 5) is 0. The van der Waals surface area contributed by atoms with Crippen LogP contribution in [0.5, 0.6) is 11.5 Å². The van der Waals surface area contributed by atoms with E-state index in [1.807, 2.05) is 12.1 Å². The van der Waals surface area contributed by atoms with Crippen LogP contribution in [-0.2, 0) is 9.31 Å². The van der Waals surface area contributed by atoms with Crippen LogP contribution in [0.4, 0.5) is 0 Å². The van der Waals surface area contributed by atoms with Gasteiger partial charge in [-0.3, -0.25) is 0 Å². The largest absolute Gasteiger partial charge is 0.494 e. The van der Waals surface area contributed by atoms with Crippen LogP contribution in [0.2, 0.25) is 0 Å². The second kappa shape index (κ2) is 11.5. The van der Waals surface area contributed by atoms with Gasteiger partial charge in [0.2, 0.25) is 0 Å². The lowest BCUT2D eigenvalue weighted by Gasteiger charge is -2.43. The molecule has 0 radical (unpaired) electrons. The van der Waals surface area contributed by atoms with Crippen LogP contribution in [0.1, 0.15) is 55.4 Å². The summed E-state index contributed by atoms with van der Waals surface area (Å²) >= 11 is 0. The summed E-state index contributed by atoms with van der Waals surface area (Å²) in [5.41, 5.74) is -3.09. The molecule has 0 unspecified atom stereocenters. The van der Waals surface area contributed by atoms with Crippen LogP contribution in [0.3, 0.4) is 0 Å². The number of hydrogen-bond acceptors (Lipinski definition) is 8. The summed E-state index contributed by atoms with van der Waals surface area (Å²) in [6.45, 7) is 14.5. The van der Waals surface area contributed by atoms with E-state index in [4.69, 9.17) is 28.8 Å². The van der Waals surface area contributed by atoms with Crippen molar-refractivity contribution in [2.24, 2.45) is 0 Å². The highest BCUT2D eigenvalue weighted by atomic mass is 16.6. The highest BCUT2D eigenvalue weighted by molar-refractivity contribution is 6.61. The summed E-state index contributed by atoms with van der Waals surface area (Å²) in [5, 5.41) is 39.5. The van der Waals surface area contributed by atoms with E-state index >= 15 is 0 Å². The van der Waals surface area contributed by atoms with Gasteiger partial charge in [0.1, 0.15) is 24.7 Å². The first-order chi connectivity index (χ1) is 16.4. The molecular weight excluding hydrogens is 462 g/mol. The van der Waals surface area contributed by atoms with Gasteiger partial charge in [0.25, 0.3) is 0 Å². The van der Waals surface area contributed by atoms with Crippen LogP contribution in [0.15, 0.2) is 48.5 Å². The molecule has 0 aliphatic carbocycles. The third-order valence-electron chi connectivity index (χ3n) is 6.70. The third kappa shape index (κ3) is 8.23. The van der Waals surface area contributed by atoms with E-state index in [1.165, 1.54) is 0 Å². The van der Waals surface area contributed by atoms with Gasteiger partial charge in [0, 0.05) is 0 Å². The molecule has 0 amide bonds. The zero-order chi connectivity index (χ0) is 27.4. The average Bonchev–Trinajstić information content (AvgIpc) is 2.75. The molecule has 0 aliphatic heterocycles. The number of rotatable bonds is 13. The van der Waals surface area contributed by atoms with Crippen molar-refractivity contribution < 1.29 is 39.0 Å². The van der Waals surface area contributed by atoms with Crippen molar-refractivity contribution >= 4 is 25.2 Å². The van der Waals surface area contributed by atoms with Crippen LogP contribution in [0, 0.1) is 0 Å². The fourth-order valence-corrected chi connectivity index (χ4v) is 2.76. The van der Waals surface area contributed by atoms with E-state index in [-0.39, 0.29) is 0 Å². The molecule has 2 aromatic carbocycles. The molecule has 0 aromatic heterocycles. The molecule has 36 heavy (non-hydrogen) atoms. The summed E-state index contributed by atoms with van der Waals surface area (Å²) in [5.74, 6) is 1.22. The lowest BCUT2D eigenvalue weighted by molar-refractivity contribution is -0.131. The normalized spacial score (nSPS) is 12.9. The van der Waals surface area contributed by atoms with Crippen LogP contribution in [0.25, 0.3) is 0 Å². The first kappa shape index (κ1) is 30.2. The topological polar surface area (TPSA) is 118 Å². The molecule has 2 aromatic rings.